The van der Waals surface area contributed by atoms with Crippen molar-refractivity contribution in [2.45, 2.75) is 36.4 Å². The second-order valence-corrected chi connectivity index (χ2v) is 7.01. The molecule has 0 saturated heterocycles. The van der Waals surface area contributed by atoms with Gasteiger partial charge in [-0.25, -0.2) is 4.98 Å². The fourth-order valence-corrected chi connectivity index (χ4v) is 3.23. The summed E-state index contributed by atoms with van der Waals surface area (Å²) in [7, 11) is 0. The van der Waals surface area contributed by atoms with Crippen LogP contribution in [0.3, 0.4) is 0 Å². The smallest absolute Gasteiger partial charge is 0.115 e. The van der Waals surface area contributed by atoms with Gasteiger partial charge in [0.05, 0.1) is 4.47 Å². The van der Waals surface area contributed by atoms with Crippen LogP contribution in [0, 0.1) is 0 Å². The summed E-state index contributed by atoms with van der Waals surface area (Å²) in [6, 6.07) is 10.5. The highest BCUT2D eigenvalue weighted by atomic mass is 79.9. The molecule has 106 valence electrons. The summed E-state index contributed by atoms with van der Waals surface area (Å²) in [5, 5.41) is 5.10. The van der Waals surface area contributed by atoms with Crippen molar-refractivity contribution in [2.24, 2.45) is 0 Å². The molecule has 0 aliphatic rings. The first kappa shape index (κ1) is 15.8. The summed E-state index contributed by atoms with van der Waals surface area (Å²) in [4.78, 5) is 5.43. The molecule has 0 fully saturated rings. The van der Waals surface area contributed by atoms with E-state index in [4.69, 9.17) is 11.6 Å². The lowest BCUT2D eigenvalue weighted by atomic mass is 10.2. The highest BCUT2D eigenvalue weighted by Crippen LogP contribution is 2.33. The molecule has 0 saturated carbocycles. The van der Waals surface area contributed by atoms with Crippen molar-refractivity contribution >= 4 is 39.3 Å². The fourth-order valence-electron chi connectivity index (χ4n) is 1.61. The molecule has 1 heterocycles. The van der Waals surface area contributed by atoms with Crippen molar-refractivity contribution in [3.8, 4) is 0 Å². The Morgan fingerprint density at radius 2 is 2.15 bits per heavy atom. The maximum Gasteiger partial charge on any atom is 0.115 e. The van der Waals surface area contributed by atoms with Crippen LogP contribution in [0.4, 0.5) is 0 Å². The maximum atomic E-state index is 6.33. The molecule has 0 radical (unpaired) electrons. The summed E-state index contributed by atoms with van der Waals surface area (Å²) >= 11 is 11.4. The van der Waals surface area contributed by atoms with E-state index in [0.29, 0.717) is 6.04 Å². The molecule has 0 amide bonds. The van der Waals surface area contributed by atoms with Crippen LogP contribution >= 0.6 is 39.3 Å². The van der Waals surface area contributed by atoms with Gasteiger partial charge >= 0.3 is 0 Å². The van der Waals surface area contributed by atoms with Crippen molar-refractivity contribution < 1.29 is 0 Å². The van der Waals surface area contributed by atoms with Gasteiger partial charge < -0.3 is 5.32 Å². The molecule has 0 aliphatic heterocycles. The van der Waals surface area contributed by atoms with Gasteiger partial charge in [0.2, 0.25) is 0 Å². The topological polar surface area (TPSA) is 24.9 Å². The van der Waals surface area contributed by atoms with E-state index < -0.39 is 0 Å². The lowest BCUT2D eigenvalue weighted by Crippen LogP contribution is -2.21. The van der Waals surface area contributed by atoms with Gasteiger partial charge in [-0.2, -0.15) is 0 Å². The Morgan fingerprint density at radius 3 is 2.80 bits per heavy atom. The van der Waals surface area contributed by atoms with Gasteiger partial charge in [-0.15, -0.1) is 0 Å². The summed E-state index contributed by atoms with van der Waals surface area (Å²) < 4.78 is 0.992. The molecule has 0 unspecified atom stereocenters. The molecular weight excluding hydrogens is 356 g/mol. The van der Waals surface area contributed by atoms with Gasteiger partial charge in [0.1, 0.15) is 5.03 Å². The van der Waals surface area contributed by atoms with Crippen LogP contribution in [0.1, 0.15) is 19.4 Å². The van der Waals surface area contributed by atoms with Gasteiger partial charge in [0.15, 0.2) is 0 Å². The number of hydrogen-bond donors (Lipinski definition) is 1. The predicted octanol–water partition coefficient (Wildman–Crippen LogP) is 5.15. The Morgan fingerprint density at radius 1 is 1.35 bits per heavy atom. The zero-order valence-electron chi connectivity index (χ0n) is 11.4. The van der Waals surface area contributed by atoms with Crippen LogP contribution in [0.25, 0.3) is 0 Å². The van der Waals surface area contributed by atoms with Crippen LogP contribution in [-0.2, 0) is 6.54 Å². The largest absolute Gasteiger partial charge is 0.310 e. The normalized spacial score (nSPS) is 11.1. The number of nitrogens with one attached hydrogen (secondary N) is 1. The Hall–Kier alpha value is -0.550. The summed E-state index contributed by atoms with van der Waals surface area (Å²) in [6.45, 7) is 5.03. The van der Waals surface area contributed by atoms with Crippen molar-refractivity contribution in [3.63, 3.8) is 0 Å². The van der Waals surface area contributed by atoms with Crippen molar-refractivity contribution in [3.05, 3.63) is 51.6 Å². The van der Waals surface area contributed by atoms with E-state index in [2.05, 4.69) is 52.2 Å². The van der Waals surface area contributed by atoms with Gasteiger partial charge in [-0.3, -0.25) is 0 Å². The quantitative estimate of drug-likeness (QED) is 0.787. The predicted molar refractivity (Wildman–Crippen MR) is 89.5 cm³/mol. The van der Waals surface area contributed by atoms with E-state index in [1.165, 1.54) is 0 Å². The number of benzene rings is 1. The summed E-state index contributed by atoms with van der Waals surface area (Å²) in [5.41, 5.74) is 1.12. The lowest BCUT2D eigenvalue weighted by Gasteiger charge is -2.11. The van der Waals surface area contributed by atoms with Crippen LogP contribution in [0.15, 0.2) is 50.9 Å². The van der Waals surface area contributed by atoms with Gasteiger partial charge in [-0.05, 0) is 45.8 Å². The van der Waals surface area contributed by atoms with E-state index >= 15 is 0 Å². The molecule has 1 N–H and O–H groups in total. The summed E-state index contributed by atoms with van der Waals surface area (Å²) in [5.74, 6) is 0. The number of hydrogen-bond acceptors (Lipinski definition) is 3. The molecular formula is C15H16BrClN2S. The van der Waals surface area contributed by atoms with Gasteiger partial charge in [-0.1, -0.05) is 43.3 Å². The molecule has 0 atom stereocenters. The van der Waals surface area contributed by atoms with Crippen LogP contribution in [-0.4, -0.2) is 11.0 Å². The van der Waals surface area contributed by atoms with Crippen LogP contribution < -0.4 is 5.32 Å². The third-order valence-electron chi connectivity index (χ3n) is 2.66. The second kappa shape index (κ2) is 7.46. The number of pyridine rings is 1. The lowest BCUT2D eigenvalue weighted by molar-refractivity contribution is 0.589. The Bertz CT molecular complexity index is 590. The zero-order valence-corrected chi connectivity index (χ0v) is 14.5. The zero-order chi connectivity index (χ0) is 14.5. The number of rotatable bonds is 5. The summed E-state index contributed by atoms with van der Waals surface area (Å²) in [6.07, 6.45) is 1.79. The molecule has 20 heavy (non-hydrogen) atoms. The average Bonchev–Trinajstić information content (AvgIpc) is 2.40. The first-order chi connectivity index (χ1) is 9.56. The molecule has 2 nitrogen and oxygen atoms in total. The van der Waals surface area contributed by atoms with E-state index in [1.807, 2.05) is 18.2 Å². The van der Waals surface area contributed by atoms with Crippen molar-refractivity contribution in [1.82, 2.24) is 10.3 Å². The Labute approximate surface area is 137 Å². The van der Waals surface area contributed by atoms with E-state index in [1.54, 1.807) is 18.0 Å². The highest BCUT2D eigenvalue weighted by Gasteiger charge is 2.07. The third-order valence-corrected chi connectivity index (χ3v) is 4.93. The Balaban J connectivity index is 2.11. The van der Waals surface area contributed by atoms with Crippen LogP contribution in [0.2, 0.25) is 5.02 Å². The monoisotopic (exact) mass is 370 g/mol. The molecule has 0 bridgehead atoms. The molecule has 0 aliphatic carbocycles. The minimum absolute atomic E-state index is 0.449. The SMILES string of the molecule is CC(C)NCc1ccc(Sc2ncccc2Br)cc1Cl. The third kappa shape index (κ3) is 4.48. The molecule has 2 aromatic rings. The van der Waals surface area contributed by atoms with Crippen molar-refractivity contribution in [2.75, 3.05) is 0 Å². The average molecular weight is 372 g/mol. The minimum atomic E-state index is 0.449. The fraction of sp³-hybridized carbons (Fsp3) is 0.267. The number of nitrogens with zero attached hydrogens (tertiary/aromatic N) is 1. The number of aromatic nitrogens is 1. The number of halogens is 2. The first-order valence-electron chi connectivity index (χ1n) is 6.36. The van der Waals surface area contributed by atoms with Crippen LogP contribution in [0.5, 0.6) is 0 Å². The van der Waals surface area contributed by atoms with E-state index in [-0.39, 0.29) is 0 Å². The van der Waals surface area contributed by atoms with Gasteiger partial charge in [0, 0.05) is 28.7 Å². The van der Waals surface area contributed by atoms with Gasteiger partial charge in [0.25, 0.3) is 0 Å². The molecule has 2 rings (SSSR count). The first-order valence-corrected chi connectivity index (χ1v) is 8.35. The van der Waals surface area contributed by atoms with Crippen molar-refractivity contribution in [1.29, 1.82) is 0 Å². The van der Waals surface area contributed by atoms with E-state index in [0.717, 1.165) is 31.5 Å². The maximum absolute atomic E-state index is 6.33. The van der Waals surface area contributed by atoms with E-state index in [9.17, 15) is 0 Å². The highest BCUT2D eigenvalue weighted by molar-refractivity contribution is 9.10. The Kier molecular flexibility index (Phi) is 5.90. The molecule has 1 aromatic carbocycles. The molecule has 1 aromatic heterocycles. The standard InChI is InChI=1S/C15H16BrClN2S/c1-10(2)19-9-11-5-6-12(8-14(11)17)20-15-13(16)4-3-7-18-15/h3-8,10,19H,9H2,1-2H3. The minimum Gasteiger partial charge on any atom is -0.310 e. The second-order valence-electron chi connectivity index (χ2n) is 4.68. The molecule has 5 heteroatoms. The molecule has 0 spiro atoms.